The largest absolute Gasteiger partial charge is 0.482 e. The topological polar surface area (TPSA) is 62.1 Å². The molecule has 0 bridgehead atoms. The van der Waals surface area contributed by atoms with E-state index < -0.39 is 24.1 Å². The van der Waals surface area contributed by atoms with Gasteiger partial charge in [0.25, 0.3) is 5.91 Å². The van der Waals surface area contributed by atoms with Crippen LogP contribution in [0, 0.1) is 23.0 Å². The average molecular weight is 288 g/mol. The number of amides is 1. The molecule has 0 aliphatic heterocycles. The zero-order valence-corrected chi connectivity index (χ0v) is 10.8. The number of ether oxygens (including phenoxy) is 1. The number of hydrogen-bond donors (Lipinski definition) is 1. The zero-order chi connectivity index (χ0) is 15.2. The van der Waals surface area contributed by atoms with Gasteiger partial charge in [0.05, 0.1) is 0 Å². The minimum absolute atomic E-state index is 0.00763. The molecule has 0 saturated carbocycles. The molecule has 0 aromatic heterocycles. The van der Waals surface area contributed by atoms with Crippen LogP contribution >= 0.6 is 0 Å². The summed E-state index contributed by atoms with van der Waals surface area (Å²) < 4.78 is 31.2. The number of anilines is 1. The van der Waals surface area contributed by atoms with Crippen molar-refractivity contribution < 1.29 is 18.3 Å². The minimum atomic E-state index is -0.714. The predicted molar refractivity (Wildman–Crippen MR) is 71.6 cm³/mol. The van der Waals surface area contributed by atoms with Crippen molar-refractivity contribution in [2.75, 3.05) is 11.9 Å². The molecule has 0 aliphatic carbocycles. The highest BCUT2D eigenvalue weighted by molar-refractivity contribution is 5.91. The monoisotopic (exact) mass is 288 g/mol. The van der Waals surface area contributed by atoms with Gasteiger partial charge in [0.2, 0.25) is 0 Å². The van der Waals surface area contributed by atoms with Crippen molar-refractivity contribution in [3.8, 4) is 11.8 Å². The summed E-state index contributed by atoms with van der Waals surface area (Å²) in [4.78, 5) is 11.6. The summed E-state index contributed by atoms with van der Waals surface area (Å²) in [6, 6.07) is 10.8. The van der Waals surface area contributed by atoms with Crippen molar-refractivity contribution >= 4 is 11.6 Å². The van der Waals surface area contributed by atoms with Crippen molar-refractivity contribution in [1.29, 1.82) is 5.26 Å². The number of halogens is 2. The van der Waals surface area contributed by atoms with E-state index in [1.54, 1.807) is 6.07 Å². The van der Waals surface area contributed by atoms with E-state index in [0.717, 1.165) is 6.07 Å². The lowest BCUT2D eigenvalue weighted by Gasteiger charge is -2.09. The van der Waals surface area contributed by atoms with Crippen LogP contribution in [0.25, 0.3) is 0 Å². The predicted octanol–water partition coefficient (Wildman–Crippen LogP) is 2.85. The van der Waals surface area contributed by atoms with Gasteiger partial charge in [-0.05, 0) is 36.4 Å². The first-order valence-corrected chi connectivity index (χ1v) is 5.97. The Bertz CT molecular complexity index is 694. The first-order valence-electron chi connectivity index (χ1n) is 5.97. The maximum Gasteiger partial charge on any atom is 0.262 e. The van der Waals surface area contributed by atoms with E-state index in [1.807, 2.05) is 0 Å². The van der Waals surface area contributed by atoms with Gasteiger partial charge in [-0.2, -0.15) is 5.26 Å². The van der Waals surface area contributed by atoms with Gasteiger partial charge in [-0.1, -0.05) is 6.07 Å². The van der Waals surface area contributed by atoms with Crippen molar-refractivity contribution in [1.82, 2.24) is 0 Å². The molecule has 1 amide bonds. The van der Waals surface area contributed by atoms with E-state index >= 15 is 0 Å². The molecule has 0 heterocycles. The van der Waals surface area contributed by atoms with E-state index in [2.05, 4.69) is 5.32 Å². The molecule has 2 aromatic rings. The first kappa shape index (κ1) is 14.5. The molecule has 0 fully saturated rings. The van der Waals surface area contributed by atoms with Gasteiger partial charge < -0.3 is 10.1 Å². The second kappa shape index (κ2) is 6.48. The number of carbonyl (C=O) groups is 1. The van der Waals surface area contributed by atoms with Crippen LogP contribution in [0.15, 0.2) is 42.5 Å². The fourth-order valence-corrected chi connectivity index (χ4v) is 1.61. The van der Waals surface area contributed by atoms with Crippen molar-refractivity contribution in [2.24, 2.45) is 0 Å². The molecule has 0 atom stereocenters. The molecule has 2 rings (SSSR count). The zero-order valence-electron chi connectivity index (χ0n) is 10.8. The second-order valence-corrected chi connectivity index (χ2v) is 4.07. The van der Waals surface area contributed by atoms with Crippen LogP contribution in [0.1, 0.15) is 5.56 Å². The number of rotatable bonds is 4. The molecule has 0 unspecified atom stereocenters. The Hall–Kier alpha value is -2.94. The summed E-state index contributed by atoms with van der Waals surface area (Å²) in [5.41, 5.74) is 0.150. The fourth-order valence-electron chi connectivity index (χ4n) is 1.61. The van der Waals surface area contributed by atoms with Crippen LogP contribution in [-0.2, 0) is 4.79 Å². The molecule has 2 aromatic carbocycles. The summed E-state index contributed by atoms with van der Waals surface area (Å²) >= 11 is 0. The van der Waals surface area contributed by atoms with Crippen LogP contribution in [0.3, 0.4) is 0 Å². The van der Waals surface area contributed by atoms with Gasteiger partial charge in [0, 0.05) is 5.69 Å². The molecule has 6 heteroatoms. The lowest BCUT2D eigenvalue weighted by atomic mass is 10.2. The standard InChI is InChI=1S/C15H10F2N2O2/c16-10-4-6-11(7-5-10)19-15(20)9-21-14-3-1-2-13(17)12(14)8-18/h1-7H,9H2,(H,19,20). The number of nitriles is 1. The minimum Gasteiger partial charge on any atom is -0.482 e. The average Bonchev–Trinajstić information content (AvgIpc) is 2.47. The number of nitrogens with one attached hydrogen (secondary N) is 1. The summed E-state index contributed by atoms with van der Waals surface area (Å²) in [6.07, 6.45) is 0. The normalized spacial score (nSPS) is 9.76. The highest BCUT2D eigenvalue weighted by atomic mass is 19.1. The van der Waals surface area contributed by atoms with Crippen molar-refractivity contribution in [3.63, 3.8) is 0 Å². The number of benzene rings is 2. The van der Waals surface area contributed by atoms with Crippen molar-refractivity contribution in [3.05, 3.63) is 59.7 Å². The maximum absolute atomic E-state index is 13.3. The number of nitrogens with zero attached hydrogens (tertiary/aromatic N) is 1. The Kier molecular flexibility index (Phi) is 4.46. The summed E-state index contributed by atoms with van der Waals surface area (Å²) in [7, 11) is 0. The van der Waals surface area contributed by atoms with E-state index in [1.165, 1.54) is 36.4 Å². The van der Waals surface area contributed by atoms with Gasteiger partial charge in [0.1, 0.15) is 29.0 Å². The van der Waals surface area contributed by atoms with E-state index in [0.29, 0.717) is 5.69 Å². The van der Waals surface area contributed by atoms with Crippen molar-refractivity contribution in [2.45, 2.75) is 0 Å². The van der Waals surface area contributed by atoms with Crippen LogP contribution < -0.4 is 10.1 Å². The summed E-state index contributed by atoms with van der Waals surface area (Å²) in [5, 5.41) is 11.3. The highest BCUT2D eigenvalue weighted by Gasteiger charge is 2.11. The number of hydrogen-bond acceptors (Lipinski definition) is 3. The van der Waals surface area contributed by atoms with Gasteiger partial charge in [-0.15, -0.1) is 0 Å². The molecule has 0 radical (unpaired) electrons. The van der Waals surface area contributed by atoms with E-state index in [-0.39, 0.29) is 11.3 Å². The molecule has 21 heavy (non-hydrogen) atoms. The molecular weight excluding hydrogens is 278 g/mol. The number of carbonyl (C=O) groups excluding carboxylic acids is 1. The van der Waals surface area contributed by atoms with E-state index in [9.17, 15) is 13.6 Å². The highest BCUT2D eigenvalue weighted by Crippen LogP contribution is 2.20. The third-order valence-corrected chi connectivity index (χ3v) is 2.57. The Morgan fingerprint density at radius 2 is 1.90 bits per heavy atom. The van der Waals surface area contributed by atoms with Gasteiger partial charge in [0.15, 0.2) is 6.61 Å². The van der Waals surface area contributed by atoms with Crippen LogP contribution in [0.4, 0.5) is 14.5 Å². The quantitative estimate of drug-likeness (QED) is 0.941. The van der Waals surface area contributed by atoms with Gasteiger partial charge >= 0.3 is 0 Å². The molecule has 1 N–H and O–H groups in total. The summed E-state index contributed by atoms with van der Waals surface area (Å²) in [5.74, 6) is -1.64. The third kappa shape index (κ3) is 3.76. The SMILES string of the molecule is N#Cc1c(F)cccc1OCC(=O)Nc1ccc(F)cc1. The first-order chi connectivity index (χ1) is 10.1. The molecule has 106 valence electrons. The Labute approximate surface area is 119 Å². The Morgan fingerprint density at radius 3 is 2.57 bits per heavy atom. The van der Waals surface area contributed by atoms with Crippen LogP contribution in [-0.4, -0.2) is 12.5 Å². The lowest BCUT2D eigenvalue weighted by Crippen LogP contribution is -2.20. The Morgan fingerprint density at radius 1 is 1.19 bits per heavy atom. The molecule has 0 saturated heterocycles. The third-order valence-electron chi connectivity index (χ3n) is 2.57. The van der Waals surface area contributed by atoms with Crippen LogP contribution in [0.2, 0.25) is 0 Å². The molecule has 0 spiro atoms. The van der Waals surface area contributed by atoms with Crippen LogP contribution in [0.5, 0.6) is 5.75 Å². The van der Waals surface area contributed by atoms with E-state index in [4.69, 9.17) is 10.00 Å². The molecular formula is C15H10F2N2O2. The van der Waals surface area contributed by atoms with Gasteiger partial charge in [-0.3, -0.25) is 4.79 Å². The van der Waals surface area contributed by atoms with Gasteiger partial charge in [-0.25, -0.2) is 8.78 Å². The second-order valence-electron chi connectivity index (χ2n) is 4.07. The lowest BCUT2D eigenvalue weighted by molar-refractivity contribution is -0.118. The molecule has 4 nitrogen and oxygen atoms in total. The summed E-state index contributed by atoms with van der Waals surface area (Å²) in [6.45, 7) is -0.393. The molecule has 0 aliphatic rings. The fraction of sp³-hybridized carbons (Fsp3) is 0.0667. The smallest absolute Gasteiger partial charge is 0.262 e. The maximum atomic E-state index is 13.3. The Balaban J connectivity index is 1.97.